The van der Waals surface area contributed by atoms with Crippen LogP contribution < -0.4 is 0 Å². The van der Waals surface area contributed by atoms with Gasteiger partial charge in [0, 0.05) is 0 Å². The van der Waals surface area contributed by atoms with Crippen LogP contribution in [0.4, 0.5) is 27.9 Å². The summed E-state index contributed by atoms with van der Waals surface area (Å²) in [7, 11) is 0. The van der Waals surface area contributed by atoms with E-state index < -0.39 is 0 Å². The second kappa shape index (κ2) is 18300. The van der Waals surface area contributed by atoms with Crippen molar-refractivity contribution in [2.24, 2.45) is 0 Å². The molecule has 0 saturated carbocycles. The molecule has 2 N–H and O–H groups in total. The topological polar surface area (TPSA) is 57.5 Å². The van der Waals surface area contributed by atoms with Gasteiger partial charge in [-0.25, -0.2) is 10.6 Å². The fourth-order valence-electron chi connectivity index (χ4n) is 0. The monoisotopic (exact) mass is 258 g/mol. The summed E-state index contributed by atoms with van der Waals surface area (Å²) in [6.45, 7) is 0. The van der Waals surface area contributed by atoms with E-state index in [2.05, 4.69) is 0 Å². The zero-order chi connectivity index (χ0) is 6.00. The van der Waals surface area contributed by atoms with E-state index >= 15 is 0 Å². The van der Waals surface area contributed by atoms with Gasteiger partial charge >= 0.3 is 27.5 Å². The van der Waals surface area contributed by atoms with Gasteiger partial charge in [-0.15, -0.1) is 0 Å². The molecule has 0 radical (unpaired) electrons. The summed E-state index contributed by atoms with van der Waals surface area (Å²) in [6.07, 6.45) is 0. The molecule has 0 rings (SSSR count). The molecule has 0 bridgehead atoms. The van der Waals surface area contributed by atoms with Crippen LogP contribution in [0, 0.1) is 0 Å². The Labute approximate surface area is 66.6 Å². The molecule has 0 aromatic carbocycles. The van der Waals surface area contributed by atoms with Crippen LogP contribution in [0.3, 0.4) is 0 Å². The molecular formula is H6F6O3Zr. The molecule has 0 aliphatic rings. The van der Waals surface area contributed by atoms with E-state index in [-0.39, 0.29) is 18.8 Å². The molecule has 70 valence electrons. The van der Waals surface area contributed by atoms with E-state index in [0.29, 0.717) is 24.7 Å². The van der Waals surface area contributed by atoms with Gasteiger partial charge in [0.15, 0.2) is 0 Å². The summed E-state index contributed by atoms with van der Waals surface area (Å²) in [4.78, 5) is 0. The predicted octanol–water partition coefficient (Wildman–Crippen LogP) is 0.215. The minimum absolute atomic E-state index is 0. The maximum absolute atomic E-state index is 8.50. The van der Waals surface area contributed by atoms with E-state index in [1.54, 1.807) is 0 Å². The number of halogens is 6. The molecule has 0 aromatic heterocycles. The summed E-state index contributed by atoms with van der Waals surface area (Å²) < 4.78 is 25.3. The molecule has 0 fully saturated rings. The standard InChI is InChI=1S/2FHO.4FH.O.Zr/c2*1-2;;;;;;/h2*2H;4*1H;;. The third-order valence-electron chi connectivity index (χ3n) is 0. The Kier molecular flexibility index (Phi) is 155000. The van der Waals surface area contributed by atoms with E-state index in [4.69, 9.17) is 22.5 Å². The molecule has 0 aliphatic heterocycles. The molecule has 0 aliphatic carbocycles. The summed E-state index contributed by atoms with van der Waals surface area (Å²) in [6, 6.07) is 0. The molecule has 0 heterocycles. The minimum atomic E-state index is 0. The second-order valence-electron chi connectivity index (χ2n) is 0. The van der Waals surface area contributed by atoms with Gasteiger partial charge in [0.2, 0.25) is 0 Å². The van der Waals surface area contributed by atoms with Crippen molar-refractivity contribution in [1.82, 2.24) is 0 Å². The fourth-order valence-corrected chi connectivity index (χ4v) is 0. The Morgan fingerprint density at radius 1 is 0.700 bits per heavy atom. The van der Waals surface area contributed by atoms with Gasteiger partial charge < -0.3 is 0 Å². The van der Waals surface area contributed by atoms with Crippen molar-refractivity contribution in [2.45, 2.75) is 0 Å². The SMILES string of the molecule is F.F.F.F.OF.OF.[O]=[Zr]. The summed E-state index contributed by atoms with van der Waals surface area (Å²) >= 11 is 0.300. The van der Waals surface area contributed by atoms with Gasteiger partial charge in [0.05, 0.1) is 0 Å². The molecule has 0 spiro atoms. The molecule has 3 nitrogen and oxygen atoms in total. The normalized spacial score (nSPS) is 1.50. The van der Waals surface area contributed by atoms with Crippen molar-refractivity contribution in [3.05, 3.63) is 0 Å². The molecule has 0 amide bonds. The van der Waals surface area contributed by atoms with Gasteiger partial charge in [-0.05, 0) is 0 Å². The van der Waals surface area contributed by atoms with E-state index in [1.807, 2.05) is 0 Å². The molecule has 10 heteroatoms. The maximum atomic E-state index is 8.50. The molecule has 0 aromatic rings. The van der Waals surface area contributed by atoms with Gasteiger partial charge in [0.1, 0.15) is 0 Å². The first kappa shape index (κ1) is 84.8. The first-order valence-corrected chi connectivity index (χ1v) is 1.55. The summed E-state index contributed by atoms with van der Waals surface area (Å²) in [5, 5.41) is 11.0. The summed E-state index contributed by atoms with van der Waals surface area (Å²) in [5.74, 6) is 0. The van der Waals surface area contributed by atoms with Crippen LogP contribution in [0.15, 0.2) is 0 Å². The Hall–Kier alpha value is 0.183. The molecule has 0 atom stereocenters. The third kappa shape index (κ3) is 12600. The average Bonchev–Trinajstić information content (AvgIpc) is 1.81. The zero-order valence-electron chi connectivity index (χ0n) is 4.19. The zero-order valence-corrected chi connectivity index (χ0v) is 6.65. The van der Waals surface area contributed by atoms with Gasteiger partial charge in [-0.3, -0.25) is 18.8 Å². The van der Waals surface area contributed by atoms with Gasteiger partial charge in [0.25, 0.3) is 0 Å². The Balaban J connectivity index is -0.00000000225. The van der Waals surface area contributed by atoms with E-state index in [1.165, 1.54) is 0 Å². The van der Waals surface area contributed by atoms with Crippen LogP contribution in [0.5, 0.6) is 0 Å². The van der Waals surface area contributed by atoms with Crippen LogP contribution in [-0.4, -0.2) is 10.6 Å². The summed E-state index contributed by atoms with van der Waals surface area (Å²) in [5.41, 5.74) is 0. The molecule has 0 saturated heterocycles. The van der Waals surface area contributed by atoms with Crippen molar-refractivity contribution in [1.29, 1.82) is 0 Å². The number of rotatable bonds is 0. The first-order valence-electron chi connectivity index (χ1n) is 0.542. The van der Waals surface area contributed by atoms with Crippen LogP contribution in [0.2, 0.25) is 0 Å². The third-order valence-corrected chi connectivity index (χ3v) is 0. The van der Waals surface area contributed by atoms with Crippen molar-refractivity contribution < 1.29 is 66.0 Å². The first-order chi connectivity index (χ1) is 3.00. The number of hydrogen-bond donors (Lipinski definition) is 2. The van der Waals surface area contributed by atoms with Crippen molar-refractivity contribution in [3.63, 3.8) is 0 Å². The Morgan fingerprint density at radius 3 is 0.700 bits per heavy atom. The molecular weight excluding hydrogens is 253 g/mol. The van der Waals surface area contributed by atoms with Crippen molar-refractivity contribution in [3.8, 4) is 0 Å². The van der Waals surface area contributed by atoms with Crippen LogP contribution >= 0.6 is 0 Å². The van der Waals surface area contributed by atoms with Crippen molar-refractivity contribution in [2.75, 3.05) is 0 Å². The quantitative estimate of drug-likeness (QED) is 0.612. The van der Waals surface area contributed by atoms with Crippen LogP contribution in [0.25, 0.3) is 0 Å². The molecule has 0 unspecified atom stereocenters. The second-order valence-corrected chi connectivity index (χ2v) is 0. The Bertz CT molecular complexity index is 13.0. The predicted molar refractivity (Wildman–Crippen MR) is 17.4 cm³/mol. The van der Waals surface area contributed by atoms with Crippen LogP contribution in [0.1, 0.15) is 0 Å². The average molecular weight is 259 g/mol. The molecule has 10 heavy (non-hydrogen) atoms. The van der Waals surface area contributed by atoms with Crippen LogP contribution in [-0.2, 0) is 27.5 Å². The number of hydrogen-bond acceptors (Lipinski definition) is 3. The van der Waals surface area contributed by atoms with Gasteiger partial charge in [-0.2, -0.15) is 0 Å². The van der Waals surface area contributed by atoms with Gasteiger partial charge in [-0.1, -0.05) is 9.05 Å². The van der Waals surface area contributed by atoms with Crippen molar-refractivity contribution >= 4 is 0 Å². The van der Waals surface area contributed by atoms with E-state index in [0.717, 1.165) is 0 Å². The van der Waals surface area contributed by atoms with E-state index in [9.17, 15) is 0 Å². The Morgan fingerprint density at radius 2 is 0.700 bits per heavy atom. The fraction of sp³-hybridized carbons (Fsp3) is 0.